The van der Waals surface area contributed by atoms with E-state index in [4.69, 9.17) is 4.84 Å². The number of hydroxylamine groups is 1. The molecule has 3 heteroatoms. The summed E-state index contributed by atoms with van der Waals surface area (Å²) in [7, 11) is 0. The molecule has 0 saturated heterocycles. The van der Waals surface area contributed by atoms with Crippen LogP contribution in [0.25, 0.3) is 10.1 Å². The van der Waals surface area contributed by atoms with Gasteiger partial charge in [0, 0.05) is 11.2 Å². The molecule has 16 heavy (non-hydrogen) atoms. The topological polar surface area (TPSA) is 21.3 Å². The average Bonchev–Trinajstić information content (AvgIpc) is 2.60. The molecule has 0 aliphatic carbocycles. The van der Waals surface area contributed by atoms with E-state index in [0.717, 1.165) is 6.54 Å². The van der Waals surface area contributed by atoms with E-state index < -0.39 is 0 Å². The second-order valence-corrected chi connectivity index (χ2v) is 5.70. The van der Waals surface area contributed by atoms with Crippen LogP contribution < -0.4 is 5.48 Å². The molecule has 0 spiro atoms. The van der Waals surface area contributed by atoms with Gasteiger partial charge in [0.25, 0.3) is 0 Å². The Hall–Kier alpha value is -0.900. The first kappa shape index (κ1) is 11.6. The predicted molar refractivity (Wildman–Crippen MR) is 69.5 cm³/mol. The van der Waals surface area contributed by atoms with Gasteiger partial charge in [0.05, 0.1) is 5.60 Å². The molecule has 0 fully saturated rings. The molecule has 86 valence electrons. The van der Waals surface area contributed by atoms with Gasteiger partial charge in [-0.15, -0.1) is 11.3 Å². The molecule has 1 heterocycles. The van der Waals surface area contributed by atoms with Gasteiger partial charge in [-0.3, -0.25) is 4.84 Å². The van der Waals surface area contributed by atoms with Crippen LogP contribution in [0.3, 0.4) is 0 Å². The summed E-state index contributed by atoms with van der Waals surface area (Å²) >= 11 is 1.78. The van der Waals surface area contributed by atoms with Crippen molar-refractivity contribution in [3.05, 3.63) is 35.2 Å². The second kappa shape index (κ2) is 4.53. The summed E-state index contributed by atoms with van der Waals surface area (Å²) in [4.78, 5) is 5.51. The van der Waals surface area contributed by atoms with Crippen molar-refractivity contribution in [2.24, 2.45) is 0 Å². The lowest BCUT2D eigenvalue weighted by Crippen LogP contribution is -2.28. The van der Waals surface area contributed by atoms with E-state index in [1.807, 2.05) is 20.8 Å². The van der Waals surface area contributed by atoms with Crippen LogP contribution in [0.5, 0.6) is 0 Å². The van der Waals surface area contributed by atoms with Crippen LogP contribution in [-0.4, -0.2) is 5.60 Å². The summed E-state index contributed by atoms with van der Waals surface area (Å²) in [6, 6.07) is 8.44. The Kier molecular flexibility index (Phi) is 3.28. The van der Waals surface area contributed by atoms with E-state index in [-0.39, 0.29) is 5.60 Å². The van der Waals surface area contributed by atoms with Crippen molar-refractivity contribution in [2.75, 3.05) is 0 Å². The normalized spacial score (nSPS) is 12.2. The Labute approximate surface area is 100 Å². The molecule has 0 bridgehead atoms. The number of thiophene rings is 1. The molecular weight excluding hydrogens is 218 g/mol. The maximum Gasteiger partial charge on any atom is 0.0813 e. The van der Waals surface area contributed by atoms with E-state index in [9.17, 15) is 0 Å². The quantitative estimate of drug-likeness (QED) is 0.819. The number of rotatable bonds is 3. The minimum atomic E-state index is -0.147. The number of fused-ring (bicyclic) bond motifs is 1. The number of benzene rings is 1. The Balaban J connectivity index is 2.05. The van der Waals surface area contributed by atoms with Crippen molar-refractivity contribution in [1.82, 2.24) is 5.48 Å². The summed E-state index contributed by atoms with van der Waals surface area (Å²) in [6.07, 6.45) is 0. The molecule has 0 aliphatic heterocycles. The van der Waals surface area contributed by atoms with E-state index in [0.29, 0.717) is 0 Å². The van der Waals surface area contributed by atoms with Crippen molar-refractivity contribution < 1.29 is 4.84 Å². The first-order valence-electron chi connectivity index (χ1n) is 5.42. The molecule has 0 atom stereocenters. The zero-order chi connectivity index (χ0) is 11.6. The van der Waals surface area contributed by atoms with Crippen molar-refractivity contribution in [3.8, 4) is 0 Å². The Morgan fingerprint density at radius 2 is 2.00 bits per heavy atom. The zero-order valence-corrected chi connectivity index (χ0v) is 10.7. The van der Waals surface area contributed by atoms with E-state index >= 15 is 0 Å². The summed E-state index contributed by atoms with van der Waals surface area (Å²) < 4.78 is 1.33. The molecular formula is C13H17NOS. The predicted octanol–water partition coefficient (Wildman–Crippen LogP) is 3.72. The van der Waals surface area contributed by atoms with Gasteiger partial charge in [-0.05, 0) is 43.2 Å². The maximum atomic E-state index is 5.51. The molecule has 1 aromatic carbocycles. The molecule has 2 nitrogen and oxygen atoms in total. The molecule has 1 N–H and O–H groups in total. The van der Waals surface area contributed by atoms with E-state index in [2.05, 4.69) is 35.1 Å². The zero-order valence-electron chi connectivity index (χ0n) is 9.91. The summed E-state index contributed by atoms with van der Waals surface area (Å²) in [5, 5.41) is 3.50. The smallest absolute Gasteiger partial charge is 0.0813 e. The fraction of sp³-hybridized carbons (Fsp3) is 0.385. The first-order valence-corrected chi connectivity index (χ1v) is 6.30. The van der Waals surface area contributed by atoms with Crippen LogP contribution in [0.2, 0.25) is 0 Å². The largest absolute Gasteiger partial charge is 0.296 e. The van der Waals surface area contributed by atoms with E-state index in [1.54, 1.807) is 11.3 Å². The standard InChI is InChI=1S/C13H17NOS/c1-13(2,3)15-14-8-10-9-16-12-7-5-4-6-11(10)12/h4-7,9,14H,8H2,1-3H3. The van der Waals surface area contributed by atoms with Crippen molar-refractivity contribution >= 4 is 21.4 Å². The van der Waals surface area contributed by atoms with E-state index in [1.165, 1.54) is 15.6 Å². The number of hydrogen-bond acceptors (Lipinski definition) is 3. The molecule has 0 saturated carbocycles. The minimum Gasteiger partial charge on any atom is -0.296 e. The molecule has 0 unspecified atom stereocenters. The lowest BCUT2D eigenvalue weighted by Gasteiger charge is -2.19. The van der Waals surface area contributed by atoms with Gasteiger partial charge >= 0.3 is 0 Å². The first-order chi connectivity index (χ1) is 7.56. The van der Waals surface area contributed by atoms with Crippen LogP contribution in [-0.2, 0) is 11.4 Å². The Morgan fingerprint density at radius 3 is 2.75 bits per heavy atom. The highest BCUT2D eigenvalue weighted by Gasteiger charge is 2.10. The van der Waals surface area contributed by atoms with Crippen molar-refractivity contribution in [1.29, 1.82) is 0 Å². The molecule has 2 aromatic rings. The third kappa shape index (κ3) is 2.82. The SMILES string of the molecule is CC(C)(C)ONCc1csc2ccccc12. The molecule has 0 radical (unpaired) electrons. The van der Waals surface area contributed by atoms with Gasteiger partial charge in [-0.2, -0.15) is 5.48 Å². The van der Waals surface area contributed by atoms with Crippen LogP contribution in [0.15, 0.2) is 29.6 Å². The van der Waals surface area contributed by atoms with Gasteiger partial charge in [0.2, 0.25) is 0 Å². The monoisotopic (exact) mass is 235 g/mol. The van der Waals surface area contributed by atoms with Gasteiger partial charge in [0.1, 0.15) is 0 Å². The van der Waals surface area contributed by atoms with Gasteiger partial charge in [-0.25, -0.2) is 0 Å². The molecule has 1 aromatic heterocycles. The summed E-state index contributed by atoms with van der Waals surface area (Å²) in [5.41, 5.74) is 4.18. The minimum absolute atomic E-state index is 0.147. The van der Waals surface area contributed by atoms with Crippen molar-refractivity contribution in [2.45, 2.75) is 32.9 Å². The highest BCUT2D eigenvalue weighted by molar-refractivity contribution is 7.17. The van der Waals surface area contributed by atoms with Crippen LogP contribution in [0, 0.1) is 0 Å². The van der Waals surface area contributed by atoms with Crippen LogP contribution in [0.4, 0.5) is 0 Å². The number of hydrogen-bond donors (Lipinski definition) is 1. The maximum absolute atomic E-state index is 5.51. The molecule has 0 amide bonds. The third-order valence-electron chi connectivity index (χ3n) is 2.20. The van der Waals surface area contributed by atoms with Gasteiger partial charge in [-0.1, -0.05) is 18.2 Å². The average molecular weight is 235 g/mol. The lowest BCUT2D eigenvalue weighted by molar-refractivity contribution is -0.0756. The lowest BCUT2D eigenvalue weighted by atomic mass is 10.2. The highest BCUT2D eigenvalue weighted by atomic mass is 32.1. The van der Waals surface area contributed by atoms with Gasteiger partial charge < -0.3 is 0 Å². The third-order valence-corrected chi connectivity index (χ3v) is 3.21. The Bertz CT molecular complexity index is 470. The van der Waals surface area contributed by atoms with Crippen molar-refractivity contribution in [3.63, 3.8) is 0 Å². The molecule has 2 rings (SSSR count). The number of nitrogens with one attached hydrogen (secondary N) is 1. The van der Waals surface area contributed by atoms with Crippen LogP contribution in [0.1, 0.15) is 26.3 Å². The fourth-order valence-electron chi connectivity index (χ4n) is 1.50. The summed E-state index contributed by atoms with van der Waals surface area (Å²) in [6.45, 7) is 6.85. The fourth-order valence-corrected chi connectivity index (χ4v) is 2.46. The van der Waals surface area contributed by atoms with Crippen LogP contribution >= 0.6 is 11.3 Å². The second-order valence-electron chi connectivity index (χ2n) is 4.79. The molecule has 0 aliphatic rings. The highest BCUT2D eigenvalue weighted by Crippen LogP contribution is 2.25. The Morgan fingerprint density at radius 1 is 1.25 bits per heavy atom. The summed E-state index contributed by atoms with van der Waals surface area (Å²) in [5.74, 6) is 0. The van der Waals surface area contributed by atoms with Gasteiger partial charge in [0.15, 0.2) is 0 Å².